The smallest absolute Gasteiger partial charge is 0.324 e. The number of halogens is 1. The van der Waals surface area contributed by atoms with Crippen molar-refractivity contribution < 1.29 is 19.5 Å². The number of rotatable bonds is 6. The van der Waals surface area contributed by atoms with Gasteiger partial charge >= 0.3 is 12.0 Å². The number of urea groups is 1. The van der Waals surface area contributed by atoms with Crippen LogP contribution in [0, 0.1) is 11.8 Å². The van der Waals surface area contributed by atoms with Gasteiger partial charge in [-0.3, -0.25) is 14.9 Å². The minimum atomic E-state index is -0.893. The van der Waals surface area contributed by atoms with Crippen LogP contribution in [0.5, 0.6) is 0 Å². The number of thiophene rings is 1. The minimum absolute atomic E-state index is 0.104. The fraction of sp³-hybridized carbons (Fsp3) is 0.208. The molecule has 1 heterocycles. The first-order valence-corrected chi connectivity index (χ1v) is 11.4. The Balaban J connectivity index is 1.40. The zero-order valence-corrected chi connectivity index (χ0v) is 18.6. The van der Waals surface area contributed by atoms with Gasteiger partial charge < -0.3 is 10.4 Å². The number of carboxylic acid groups (broad SMARTS) is 1. The molecule has 32 heavy (non-hydrogen) atoms. The SMILES string of the molecule is O=C(Nc1cccc(Cl)c1)Nc1ccc(-c2ccc(C(=O)[C@@H]3CCC[C@H]3C(=O)O)cc2)s1. The van der Waals surface area contributed by atoms with E-state index < -0.39 is 17.8 Å². The van der Waals surface area contributed by atoms with Gasteiger partial charge in [0.05, 0.1) is 10.9 Å². The second-order valence-electron chi connectivity index (χ2n) is 7.68. The average molecular weight is 469 g/mol. The van der Waals surface area contributed by atoms with Crippen molar-refractivity contribution >= 4 is 51.4 Å². The molecule has 8 heteroatoms. The average Bonchev–Trinajstić information content (AvgIpc) is 3.43. The molecule has 3 N–H and O–H groups in total. The summed E-state index contributed by atoms with van der Waals surface area (Å²) in [4.78, 5) is 37.3. The van der Waals surface area contributed by atoms with Crippen LogP contribution in [0.1, 0.15) is 29.6 Å². The quantitative estimate of drug-likeness (QED) is 0.365. The van der Waals surface area contributed by atoms with Crippen LogP contribution in [-0.4, -0.2) is 22.9 Å². The fourth-order valence-electron chi connectivity index (χ4n) is 3.98. The molecule has 3 aromatic rings. The molecule has 0 unspecified atom stereocenters. The molecule has 0 spiro atoms. The lowest BCUT2D eigenvalue weighted by Crippen LogP contribution is -2.25. The van der Waals surface area contributed by atoms with Crippen LogP contribution in [0.15, 0.2) is 60.7 Å². The van der Waals surface area contributed by atoms with Crippen LogP contribution >= 0.6 is 22.9 Å². The van der Waals surface area contributed by atoms with Crippen molar-refractivity contribution in [1.82, 2.24) is 0 Å². The maximum absolute atomic E-state index is 12.8. The summed E-state index contributed by atoms with van der Waals surface area (Å²) in [6.07, 6.45) is 1.94. The first-order valence-electron chi connectivity index (χ1n) is 10.2. The lowest BCUT2D eigenvalue weighted by atomic mass is 9.88. The first kappa shape index (κ1) is 22.0. The lowest BCUT2D eigenvalue weighted by molar-refractivity contribution is -0.142. The monoisotopic (exact) mass is 468 g/mol. The van der Waals surface area contributed by atoms with Crippen LogP contribution in [0.3, 0.4) is 0 Å². The van der Waals surface area contributed by atoms with Gasteiger partial charge in [-0.2, -0.15) is 0 Å². The number of carbonyl (C=O) groups excluding carboxylic acids is 2. The van der Waals surface area contributed by atoms with Crippen molar-refractivity contribution in [3.8, 4) is 10.4 Å². The number of benzene rings is 2. The van der Waals surface area contributed by atoms with Gasteiger partial charge in [0.2, 0.25) is 0 Å². The van der Waals surface area contributed by atoms with Gasteiger partial charge in [0, 0.05) is 27.1 Å². The largest absolute Gasteiger partial charge is 0.481 e. The normalized spacial score (nSPS) is 17.7. The Morgan fingerprint density at radius 3 is 2.41 bits per heavy atom. The third-order valence-electron chi connectivity index (χ3n) is 5.55. The summed E-state index contributed by atoms with van der Waals surface area (Å²) in [6, 6.07) is 17.4. The molecule has 0 aliphatic heterocycles. The van der Waals surface area contributed by atoms with Crippen LogP contribution in [0.4, 0.5) is 15.5 Å². The first-order chi connectivity index (χ1) is 15.4. The number of aliphatic carboxylic acids is 1. The molecule has 4 rings (SSSR count). The van der Waals surface area contributed by atoms with E-state index in [1.165, 1.54) is 11.3 Å². The number of ketones is 1. The highest BCUT2D eigenvalue weighted by molar-refractivity contribution is 7.19. The van der Waals surface area contributed by atoms with E-state index in [1.807, 2.05) is 24.3 Å². The number of amides is 2. The summed E-state index contributed by atoms with van der Waals surface area (Å²) in [5, 5.41) is 16.1. The second kappa shape index (κ2) is 9.54. The van der Waals surface area contributed by atoms with E-state index >= 15 is 0 Å². The summed E-state index contributed by atoms with van der Waals surface area (Å²) < 4.78 is 0. The molecular formula is C24H21ClN2O4S. The van der Waals surface area contributed by atoms with Crippen molar-refractivity contribution in [3.63, 3.8) is 0 Å². The summed E-state index contributed by atoms with van der Waals surface area (Å²) in [7, 11) is 0. The lowest BCUT2D eigenvalue weighted by Gasteiger charge is -2.14. The Hall–Kier alpha value is -3.16. The van der Waals surface area contributed by atoms with E-state index in [-0.39, 0.29) is 11.8 Å². The molecule has 1 aliphatic rings. The van der Waals surface area contributed by atoms with E-state index in [0.717, 1.165) is 16.9 Å². The molecular weight excluding hydrogens is 448 g/mol. The van der Waals surface area contributed by atoms with Crippen LogP contribution in [0.2, 0.25) is 5.02 Å². The standard InChI is InChI=1S/C24H21ClN2O4S/c25-16-3-1-4-17(13-16)26-24(31)27-21-12-11-20(32-21)14-7-9-15(10-8-14)22(28)18-5-2-6-19(18)23(29)30/h1,3-4,7-13,18-19H,2,5-6H2,(H,29,30)(H2,26,27,31)/t18-,19-/m1/s1. The zero-order valence-electron chi connectivity index (χ0n) is 17.0. The minimum Gasteiger partial charge on any atom is -0.481 e. The second-order valence-corrected chi connectivity index (χ2v) is 9.20. The van der Waals surface area contributed by atoms with E-state index in [4.69, 9.17) is 11.6 Å². The van der Waals surface area contributed by atoms with Gasteiger partial charge in [0.25, 0.3) is 0 Å². The van der Waals surface area contributed by atoms with Gasteiger partial charge in [-0.1, -0.05) is 48.4 Å². The summed E-state index contributed by atoms with van der Waals surface area (Å²) in [6.45, 7) is 0. The van der Waals surface area contributed by atoms with Gasteiger partial charge in [-0.05, 0) is 48.7 Å². The van der Waals surface area contributed by atoms with Crippen molar-refractivity contribution in [2.45, 2.75) is 19.3 Å². The molecule has 1 fully saturated rings. The Labute approximate surface area is 194 Å². The summed E-state index contributed by atoms with van der Waals surface area (Å²) >= 11 is 7.34. The molecule has 1 aromatic heterocycles. The number of anilines is 2. The Morgan fingerprint density at radius 2 is 1.69 bits per heavy atom. The molecule has 6 nitrogen and oxygen atoms in total. The maximum atomic E-state index is 12.8. The predicted molar refractivity (Wildman–Crippen MR) is 127 cm³/mol. The van der Waals surface area contributed by atoms with Gasteiger partial charge in [0.15, 0.2) is 5.78 Å². The number of carboxylic acids is 1. The topological polar surface area (TPSA) is 95.5 Å². The molecule has 2 amide bonds. The molecule has 0 bridgehead atoms. The number of hydrogen-bond acceptors (Lipinski definition) is 4. The number of nitrogens with one attached hydrogen (secondary N) is 2. The molecule has 164 valence electrons. The highest BCUT2D eigenvalue weighted by Crippen LogP contribution is 2.36. The maximum Gasteiger partial charge on any atom is 0.324 e. The highest BCUT2D eigenvalue weighted by Gasteiger charge is 2.37. The van der Waals surface area contributed by atoms with E-state index in [0.29, 0.717) is 34.1 Å². The molecule has 2 atom stereocenters. The Morgan fingerprint density at radius 1 is 0.938 bits per heavy atom. The molecule has 1 saturated carbocycles. The summed E-state index contributed by atoms with van der Waals surface area (Å²) in [5.41, 5.74) is 2.04. The van der Waals surface area contributed by atoms with E-state index in [2.05, 4.69) is 10.6 Å². The molecule has 0 saturated heterocycles. The summed E-state index contributed by atoms with van der Waals surface area (Å²) in [5.74, 6) is -2.04. The highest BCUT2D eigenvalue weighted by atomic mass is 35.5. The number of Topliss-reactive ketones (excluding diaryl/α,β-unsaturated/α-hetero) is 1. The van der Waals surface area contributed by atoms with Gasteiger partial charge in [0.1, 0.15) is 0 Å². The third-order valence-corrected chi connectivity index (χ3v) is 6.83. The Kier molecular flexibility index (Phi) is 6.58. The fourth-order valence-corrected chi connectivity index (χ4v) is 5.08. The van der Waals surface area contributed by atoms with Gasteiger partial charge in [-0.25, -0.2) is 4.79 Å². The number of hydrogen-bond donors (Lipinski definition) is 3. The van der Waals surface area contributed by atoms with Crippen molar-refractivity contribution in [2.75, 3.05) is 10.6 Å². The Bertz CT molecular complexity index is 1160. The van der Waals surface area contributed by atoms with E-state index in [1.54, 1.807) is 36.4 Å². The zero-order chi connectivity index (χ0) is 22.7. The molecule has 1 aliphatic carbocycles. The van der Waals surface area contributed by atoms with Crippen LogP contribution < -0.4 is 10.6 Å². The van der Waals surface area contributed by atoms with Crippen LogP contribution in [0.25, 0.3) is 10.4 Å². The third kappa shape index (κ3) is 5.00. The van der Waals surface area contributed by atoms with Crippen molar-refractivity contribution in [2.24, 2.45) is 11.8 Å². The van der Waals surface area contributed by atoms with Crippen molar-refractivity contribution in [1.29, 1.82) is 0 Å². The molecule has 0 radical (unpaired) electrons. The number of carbonyl (C=O) groups is 3. The van der Waals surface area contributed by atoms with Crippen LogP contribution in [-0.2, 0) is 4.79 Å². The van der Waals surface area contributed by atoms with E-state index in [9.17, 15) is 19.5 Å². The molecule has 2 aromatic carbocycles. The van der Waals surface area contributed by atoms with Gasteiger partial charge in [-0.15, -0.1) is 11.3 Å². The predicted octanol–water partition coefficient (Wildman–Crippen LogP) is 6.40. The van der Waals surface area contributed by atoms with Crippen molar-refractivity contribution in [3.05, 3.63) is 71.2 Å².